The van der Waals surface area contributed by atoms with Crippen LogP contribution >= 0.6 is 11.8 Å². The zero-order valence-electron chi connectivity index (χ0n) is 21.6. The molecule has 1 heterocycles. The van der Waals surface area contributed by atoms with Gasteiger partial charge in [-0.1, -0.05) is 0 Å². The van der Waals surface area contributed by atoms with Gasteiger partial charge in [-0.05, 0) is 34.2 Å². The summed E-state index contributed by atoms with van der Waals surface area (Å²) in [5.41, 5.74) is -0.207. The van der Waals surface area contributed by atoms with Gasteiger partial charge in [0.2, 0.25) is 23.6 Å². The Morgan fingerprint density at radius 1 is 1.32 bits per heavy atom. The average molecular weight is 501 g/mol. The number of hydrogen-bond donors (Lipinski definition) is 3. The van der Waals surface area contributed by atoms with Crippen molar-refractivity contribution in [1.29, 1.82) is 0 Å². The molecule has 1 saturated heterocycles. The Hall–Kier alpha value is -2.31. The maximum atomic E-state index is 12.7. The number of carbonyl (C=O) groups excluding carboxylic acids is 6. The first kappa shape index (κ1) is 27.9. The Morgan fingerprint density at radius 3 is 2.59 bits per heavy atom. The van der Waals surface area contributed by atoms with Gasteiger partial charge < -0.3 is 20.3 Å². The van der Waals surface area contributed by atoms with Crippen LogP contribution in [-0.4, -0.2) is 102 Å². The summed E-state index contributed by atoms with van der Waals surface area (Å²) in [5.74, 6) is -2.30. The van der Waals surface area contributed by atoms with Gasteiger partial charge in [0.05, 0.1) is 23.7 Å². The number of thioether (sulfide) groups is 1. The van der Waals surface area contributed by atoms with E-state index in [0.717, 1.165) is 16.7 Å². The molecule has 12 heteroatoms. The van der Waals surface area contributed by atoms with Crippen molar-refractivity contribution in [2.75, 3.05) is 39.6 Å². The van der Waals surface area contributed by atoms with Crippen molar-refractivity contribution in [1.82, 2.24) is 25.8 Å². The van der Waals surface area contributed by atoms with Crippen LogP contribution in [-0.2, 0) is 28.8 Å². The van der Waals surface area contributed by atoms with Gasteiger partial charge in [0.25, 0.3) is 0 Å². The van der Waals surface area contributed by atoms with E-state index in [2.05, 4.69) is 16.0 Å². The fraction of sp³-hybridized carbons (Fsp3) is 0.727. The summed E-state index contributed by atoms with van der Waals surface area (Å²) in [4.78, 5) is 75.5. The number of aldehydes is 1. The van der Waals surface area contributed by atoms with E-state index in [1.807, 2.05) is 20.8 Å². The highest BCUT2D eigenvalue weighted by atomic mass is 32.2. The summed E-state index contributed by atoms with van der Waals surface area (Å²) < 4.78 is 7.09. The second-order valence-electron chi connectivity index (χ2n) is 9.05. The number of ketones is 1. The number of likely N-dealkylation sites (N-methyl/N-ethyl adjacent to an activating group) is 1. The molecule has 2 unspecified atom stereocenters. The second kappa shape index (κ2) is 14.2. The van der Waals surface area contributed by atoms with Crippen molar-refractivity contribution >= 4 is 47.4 Å². The molecule has 0 saturated carbocycles. The molecule has 0 aromatic carbocycles. The molecule has 0 bridgehead atoms. The van der Waals surface area contributed by atoms with Crippen LogP contribution in [0.4, 0.5) is 0 Å². The first-order chi connectivity index (χ1) is 16.3. The summed E-state index contributed by atoms with van der Waals surface area (Å²) in [6, 6.07) is -0.853. The lowest BCUT2D eigenvalue weighted by atomic mass is 10.0. The molecule has 2 atom stereocenters. The lowest BCUT2D eigenvalue weighted by Gasteiger charge is -2.27. The highest BCUT2D eigenvalue weighted by Crippen LogP contribution is 2.25. The lowest BCUT2D eigenvalue weighted by Crippen LogP contribution is -2.47. The third-order valence-corrected chi connectivity index (χ3v) is 6.37. The summed E-state index contributed by atoms with van der Waals surface area (Å²) >= 11 is 0.981. The minimum atomic E-state index is -0.853. The molecule has 1 rings (SSSR count). The average Bonchev–Trinajstić information content (AvgIpc) is 3.02. The Bertz CT molecular complexity index is 819. The minimum Gasteiger partial charge on any atom is -0.342 e. The minimum absolute atomic E-state index is 0.0472. The molecule has 4 amide bonds. The highest BCUT2D eigenvalue weighted by molar-refractivity contribution is 8.01. The zero-order chi connectivity index (χ0) is 26.8. The third-order valence-electron chi connectivity index (χ3n) is 5.19. The summed E-state index contributed by atoms with van der Waals surface area (Å²) in [6.07, 6.45) is -0.883. The predicted octanol–water partition coefficient (Wildman–Crippen LogP) is -0.706. The van der Waals surface area contributed by atoms with E-state index in [-0.39, 0.29) is 49.4 Å². The molecule has 0 aliphatic carbocycles. The quantitative estimate of drug-likeness (QED) is 0.151. The fourth-order valence-electron chi connectivity index (χ4n) is 3.19. The maximum Gasteiger partial charge on any atom is 0.243 e. The van der Waals surface area contributed by atoms with E-state index in [0.29, 0.717) is 6.54 Å². The van der Waals surface area contributed by atoms with Gasteiger partial charge in [0, 0.05) is 38.4 Å². The van der Waals surface area contributed by atoms with Crippen molar-refractivity contribution in [2.24, 2.45) is 0 Å². The molecule has 34 heavy (non-hydrogen) atoms. The number of imide groups is 1. The SMILES string of the molecule is [2H]C(=O)CCC(C(=O)CCNC)N(C)C(=O)CSC1CC(=O)N(CC(=O)NCNC(C)(C)C)C1=O. The summed E-state index contributed by atoms with van der Waals surface area (Å²) in [5, 5.41) is 7.74. The van der Waals surface area contributed by atoms with Crippen LogP contribution in [0, 0.1) is 0 Å². The molecule has 11 nitrogen and oxygen atoms in total. The zero-order valence-corrected chi connectivity index (χ0v) is 21.4. The van der Waals surface area contributed by atoms with E-state index in [1.165, 1.54) is 11.9 Å². The summed E-state index contributed by atoms with van der Waals surface area (Å²) in [6.45, 7) is 6.01. The van der Waals surface area contributed by atoms with Crippen LogP contribution in [0.2, 0.25) is 0 Å². The van der Waals surface area contributed by atoms with E-state index >= 15 is 0 Å². The molecule has 1 fully saturated rings. The largest absolute Gasteiger partial charge is 0.342 e. The van der Waals surface area contributed by atoms with Gasteiger partial charge in [-0.3, -0.25) is 34.2 Å². The molecule has 1 aliphatic rings. The van der Waals surface area contributed by atoms with Crippen LogP contribution in [0.3, 0.4) is 0 Å². The third kappa shape index (κ3) is 9.90. The number of carbonyl (C=O) groups is 6. The summed E-state index contributed by atoms with van der Waals surface area (Å²) in [7, 11) is 3.14. The molecule has 3 N–H and O–H groups in total. The van der Waals surface area contributed by atoms with Gasteiger partial charge in [-0.15, -0.1) is 11.8 Å². The number of rotatable bonds is 15. The van der Waals surface area contributed by atoms with Gasteiger partial charge in [-0.25, -0.2) is 0 Å². The molecule has 0 aromatic heterocycles. The van der Waals surface area contributed by atoms with E-state index < -0.39 is 47.7 Å². The van der Waals surface area contributed by atoms with Crippen LogP contribution in [0.25, 0.3) is 0 Å². The smallest absolute Gasteiger partial charge is 0.243 e. The molecule has 192 valence electrons. The second-order valence-corrected chi connectivity index (χ2v) is 10.2. The van der Waals surface area contributed by atoms with Gasteiger partial charge in [-0.2, -0.15) is 0 Å². The van der Waals surface area contributed by atoms with E-state index in [9.17, 15) is 28.8 Å². The van der Waals surface area contributed by atoms with Crippen LogP contribution in [0.5, 0.6) is 0 Å². The first-order valence-electron chi connectivity index (χ1n) is 11.7. The Kier molecular flexibility index (Phi) is 11.6. The number of nitrogens with zero attached hydrogens (tertiary/aromatic N) is 2. The Morgan fingerprint density at radius 2 is 2.00 bits per heavy atom. The van der Waals surface area contributed by atoms with Gasteiger partial charge >= 0.3 is 0 Å². The van der Waals surface area contributed by atoms with Crippen LogP contribution in [0.15, 0.2) is 0 Å². The van der Waals surface area contributed by atoms with Crippen LogP contribution in [0.1, 0.15) is 47.8 Å². The monoisotopic (exact) mass is 500 g/mol. The Labute approximate surface area is 206 Å². The maximum absolute atomic E-state index is 12.7. The molecule has 0 spiro atoms. The number of Topliss-reactive ketones (excluding diaryl/α,β-unsaturated/α-hetero) is 1. The van der Waals surface area contributed by atoms with E-state index in [1.54, 1.807) is 7.05 Å². The topological polar surface area (TPSA) is 145 Å². The highest BCUT2D eigenvalue weighted by Gasteiger charge is 2.40. The molecule has 0 radical (unpaired) electrons. The van der Waals surface area contributed by atoms with Crippen molar-refractivity contribution in [3.05, 3.63) is 0 Å². The van der Waals surface area contributed by atoms with Crippen molar-refractivity contribution in [3.8, 4) is 0 Å². The van der Waals surface area contributed by atoms with Crippen molar-refractivity contribution < 1.29 is 30.1 Å². The number of amides is 4. The molecular weight excluding hydrogens is 462 g/mol. The number of likely N-dealkylation sites (tertiary alicyclic amines) is 1. The van der Waals surface area contributed by atoms with Gasteiger partial charge in [0.1, 0.15) is 14.2 Å². The van der Waals surface area contributed by atoms with E-state index in [4.69, 9.17) is 1.37 Å². The Balaban J connectivity index is 2.65. The number of hydrogen-bond acceptors (Lipinski definition) is 9. The lowest BCUT2D eigenvalue weighted by molar-refractivity contribution is -0.142. The van der Waals surface area contributed by atoms with Crippen molar-refractivity contribution in [2.45, 2.75) is 63.3 Å². The predicted molar refractivity (Wildman–Crippen MR) is 129 cm³/mol. The standard InChI is InChI=1S/C22H37N5O6S/c1-22(2,3)25-14-24-18(30)12-27-19(31)11-17(21(27)33)34-13-20(32)26(5)15(7-6-10-28)16(29)8-9-23-4/h10,15,17,23,25H,6-9,11-14H2,1-5H3,(H,24,30)/i10D. The molecule has 0 aromatic rings. The van der Waals surface area contributed by atoms with Crippen LogP contribution < -0.4 is 16.0 Å². The van der Waals surface area contributed by atoms with Crippen molar-refractivity contribution in [3.63, 3.8) is 0 Å². The molecule has 1 aliphatic heterocycles. The normalized spacial score (nSPS) is 17.4. The fourth-order valence-corrected chi connectivity index (χ4v) is 4.26. The first-order valence-corrected chi connectivity index (χ1v) is 12.2. The number of nitrogens with one attached hydrogen (secondary N) is 3. The van der Waals surface area contributed by atoms with Gasteiger partial charge in [0.15, 0.2) is 5.78 Å². The molecular formula is C22H37N5O6S.